The van der Waals surface area contributed by atoms with Crippen LogP contribution in [0.25, 0.3) is 0 Å². The molecule has 1 atom stereocenters. The van der Waals surface area contributed by atoms with Gasteiger partial charge in [0.05, 0.1) is 7.05 Å². The lowest BCUT2D eigenvalue weighted by molar-refractivity contribution is -0.862. The number of aryl methyl sites for hydroxylation is 1. The average Bonchev–Trinajstić information content (AvgIpc) is 2.63. The van der Waals surface area contributed by atoms with Crippen LogP contribution in [0.1, 0.15) is 18.9 Å². The van der Waals surface area contributed by atoms with E-state index >= 15 is 0 Å². The minimum atomic E-state index is -0.136. The summed E-state index contributed by atoms with van der Waals surface area (Å²) >= 11 is 0. The van der Waals surface area contributed by atoms with Crippen LogP contribution in [0.5, 0.6) is 11.5 Å². The van der Waals surface area contributed by atoms with Gasteiger partial charge < -0.3 is 20.3 Å². The normalized spacial score (nSPS) is 11.5. The van der Waals surface area contributed by atoms with Gasteiger partial charge >= 0.3 is 0 Å². The molecule has 27 heavy (non-hydrogen) atoms. The van der Waals surface area contributed by atoms with Crippen LogP contribution in [0.2, 0.25) is 0 Å². The second kappa shape index (κ2) is 10.3. The van der Waals surface area contributed by atoms with E-state index in [-0.39, 0.29) is 24.9 Å². The van der Waals surface area contributed by atoms with Crippen LogP contribution in [0.3, 0.4) is 0 Å². The van der Waals surface area contributed by atoms with Gasteiger partial charge in [-0.15, -0.1) is 0 Å². The highest BCUT2D eigenvalue weighted by atomic mass is 16.5. The van der Waals surface area contributed by atoms with Gasteiger partial charge in [-0.2, -0.15) is 0 Å². The van der Waals surface area contributed by atoms with Crippen molar-refractivity contribution in [2.45, 2.75) is 20.3 Å². The molecule has 0 bridgehead atoms. The fourth-order valence-corrected chi connectivity index (χ4v) is 2.49. The number of nitrogens with one attached hydrogen (secondary N) is 3. The van der Waals surface area contributed by atoms with Gasteiger partial charge in [-0.25, -0.2) is 0 Å². The van der Waals surface area contributed by atoms with Gasteiger partial charge in [-0.05, 0) is 49.7 Å². The van der Waals surface area contributed by atoms with Crippen molar-refractivity contribution in [2.24, 2.45) is 0 Å². The van der Waals surface area contributed by atoms with Crippen molar-refractivity contribution in [3.8, 4) is 11.5 Å². The summed E-state index contributed by atoms with van der Waals surface area (Å²) in [7, 11) is 1.82. The summed E-state index contributed by atoms with van der Waals surface area (Å²) < 4.78 is 5.77. The molecule has 0 fully saturated rings. The molecule has 2 rings (SSSR count). The Morgan fingerprint density at radius 1 is 0.926 bits per heavy atom. The number of hydrogen-bond acceptors (Lipinski definition) is 3. The van der Waals surface area contributed by atoms with Crippen LogP contribution in [0.15, 0.2) is 48.5 Å². The summed E-state index contributed by atoms with van der Waals surface area (Å²) in [5.74, 6) is 1.29. The maximum atomic E-state index is 12.1. The SMILES string of the molecule is CCCNC(=O)C[NH+](C)CC(=O)Nc1ccc(Oc2ccc(C)cc2)cc1. The monoisotopic (exact) mass is 370 g/mol. The molecule has 0 saturated carbocycles. The first kappa shape index (κ1) is 20.5. The molecule has 6 nitrogen and oxygen atoms in total. The van der Waals surface area contributed by atoms with E-state index in [1.54, 1.807) is 12.1 Å². The summed E-state index contributed by atoms with van der Waals surface area (Å²) in [6.07, 6.45) is 0.898. The first-order valence-electron chi connectivity index (χ1n) is 9.18. The van der Waals surface area contributed by atoms with E-state index in [0.29, 0.717) is 18.0 Å². The van der Waals surface area contributed by atoms with Crippen molar-refractivity contribution in [3.63, 3.8) is 0 Å². The molecular weight excluding hydrogens is 342 g/mol. The van der Waals surface area contributed by atoms with E-state index < -0.39 is 0 Å². The molecule has 0 radical (unpaired) electrons. The lowest BCUT2D eigenvalue weighted by Crippen LogP contribution is -3.11. The van der Waals surface area contributed by atoms with Crippen molar-refractivity contribution in [1.82, 2.24) is 5.32 Å². The summed E-state index contributed by atoms with van der Waals surface area (Å²) in [5, 5.41) is 5.65. The number of ether oxygens (including phenoxy) is 1. The molecule has 3 N–H and O–H groups in total. The second-order valence-electron chi connectivity index (χ2n) is 6.65. The summed E-state index contributed by atoms with van der Waals surface area (Å²) in [5.41, 5.74) is 1.87. The van der Waals surface area contributed by atoms with Crippen LogP contribution in [0, 0.1) is 6.92 Å². The highest BCUT2D eigenvalue weighted by Gasteiger charge is 2.14. The zero-order valence-corrected chi connectivity index (χ0v) is 16.2. The second-order valence-corrected chi connectivity index (χ2v) is 6.65. The Balaban J connectivity index is 1.80. The fraction of sp³-hybridized carbons (Fsp3) is 0.333. The summed E-state index contributed by atoms with van der Waals surface area (Å²) in [6, 6.07) is 15.0. The molecule has 0 aromatic heterocycles. The van der Waals surface area contributed by atoms with Crippen molar-refractivity contribution >= 4 is 17.5 Å². The third-order valence-electron chi connectivity index (χ3n) is 3.89. The van der Waals surface area contributed by atoms with Gasteiger partial charge in [-0.3, -0.25) is 9.59 Å². The lowest BCUT2D eigenvalue weighted by Gasteiger charge is -2.14. The Bertz CT molecular complexity index is 742. The largest absolute Gasteiger partial charge is 0.457 e. The van der Waals surface area contributed by atoms with E-state index in [1.165, 1.54) is 5.56 Å². The van der Waals surface area contributed by atoms with E-state index in [2.05, 4.69) is 10.6 Å². The molecular formula is C21H28N3O3+. The number of quaternary nitrogens is 1. The Morgan fingerprint density at radius 3 is 2.07 bits per heavy atom. The highest BCUT2D eigenvalue weighted by Crippen LogP contribution is 2.23. The Morgan fingerprint density at radius 2 is 1.48 bits per heavy atom. The molecule has 0 aliphatic heterocycles. The maximum absolute atomic E-state index is 12.1. The number of benzene rings is 2. The number of likely N-dealkylation sites (N-methyl/N-ethyl adjacent to an activating group) is 1. The van der Waals surface area contributed by atoms with Gasteiger partial charge in [0.15, 0.2) is 13.1 Å². The van der Waals surface area contributed by atoms with Crippen molar-refractivity contribution < 1.29 is 19.2 Å². The van der Waals surface area contributed by atoms with Crippen LogP contribution >= 0.6 is 0 Å². The Hall–Kier alpha value is -2.86. The standard InChI is InChI=1S/C21H27N3O3/c1-4-13-22-20(25)14-24(3)15-21(26)23-17-7-11-19(12-8-17)27-18-9-5-16(2)6-10-18/h5-12H,4,13-15H2,1-3H3,(H,22,25)(H,23,26)/p+1. The molecule has 0 saturated heterocycles. The Labute approximate surface area is 160 Å². The van der Waals surface area contributed by atoms with E-state index in [1.807, 2.05) is 57.3 Å². The van der Waals surface area contributed by atoms with Gasteiger partial charge in [0.2, 0.25) is 0 Å². The quantitative estimate of drug-likeness (QED) is 0.630. The van der Waals surface area contributed by atoms with E-state index in [4.69, 9.17) is 4.74 Å². The van der Waals surface area contributed by atoms with Gasteiger partial charge in [-0.1, -0.05) is 24.6 Å². The number of anilines is 1. The molecule has 144 valence electrons. The smallest absolute Gasteiger partial charge is 0.279 e. The van der Waals surface area contributed by atoms with Crippen LogP contribution in [-0.4, -0.2) is 38.5 Å². The fourth-order valence-electron chi connectivity index (χ4n) is 2.49. The summed E-state index contributed by atoms with van der Waals surface area (Å²) in [4.78, 5) is 24.6. The molecule has 0 heterocycles. The molecule has 1 unspecified atom stereocenters. The molecule has 0 aliphatic carbocycles. The van der Waals surface area contributed by atoms with E-state index in [0.717, 1.165) is 17.1 Å². The maximum Gasteiger partial charge on any atom is 0.279 e. The zero-order valence-electron chi connectivity index (χ0n) is 16.2. The number of carbonyl (C=O) groups is 2. The molecule has 0 spiro atoms. The highest BCUT2D eigenvalue weighted by molar-refractivity contribution is 5.91. The molecule has 6 heteroatoms. The summed E-state index contributed by atoms with van der Waals surface area (Å²) in [6.45, 7) is 5.19. The minimum absolute atomic E-state index is 0.0419. The lowest BCUT2D eigenvalue weighted by atomic mass is 10.2. The topological polar surface area (TPSA) is 71.9 Å². The van der Waals surface area contributed by atoms with Crippen LogP contribution in [-0.2, 0) is 9.59 Å². The first-order chi connectivity index (χ1) is 13.0. The molecule has 0 aliphatic rings. The molecule has 2 aromatic rings. The predicted octanol–water partition coefficient (Wildman–Crippen LogP) is 1.77. The third kappa shape index (κ3) is 7.50. The zero-order chi connectivity index (χ0) is 19.6. The average molecular weight is 370 g/mol. The van der Waals surface area contributed by atoms with Crippen LogP contribution < -0.4 is 20.3 Å². The predicted molar refractivity (Wildman–Crippen MR) is 106 cm³/mol. The van der Waals surface area contributed by atoms with Crippen molar-refractivity contribution in [3.05, 3.63) is 54.1 Å². The van der Waals surface area contributed by atoms with Crippen molar-refractivity contribution in [2.75, 3.05) is 32.0 Å². The number of amides is 2. The number of carbonyl (C=O) groups excluding carboxylic acids is 2. The number of rotatable bonds is 9. The minimum Gasteiger partial charge on any atom is -0.457 e. The third-order valence-corrected chi connectivity index (χ3v) is 3.89. The van der Waals surface area contributed by atoms with Crippen LogP contribution in [0.4, 0.5) is 5.69 Å². The first-order valence-corrected chi connectivity index (χ1v) is 9.18. The van der Waals surface area contributed by atoms with E-state index in [9.17, 15) is 9.59 Å². The molecule has 2 amide bonds. The van der Waals surface area contributed by atoms with Gasteiger partial charge in [0.1, 0.15) is 11.5 Å². The molecule has 2 aromatic carbocycles. The number of hydrogen-bond donors (Lipinski definition) is 3. The Kier molecular flexibility index (Phi) is 7.82. The van der Waals surface area contributed by atoms with Crippen molar-refractivity contribution in [1.29, 1.82) is 0 Å². The van der Waals surface area contributed by atoms with Gasteiger partial charge in [0, 0.05) is 12.2 Å². The van der Waals surface area contributed by atoms with Gasteiger partial charge in [0.25, 0.3) is 11.8 Å².